The summed E-state index contributed by atoms with van der Waals surface area (Å²) in [5.41, 5.74) is -0.131. The first-order valence-electron chi connectivity index (χ1n) is 6.26. The van der Waals surface area contributed by atoms with Gasteiger partial charge in [-0.2, -0.15) is 0 Å². The van der Waals surface area contributed by atoms with Crippen molar-refractivity contribution in [2.75, 3.05) is 5.32 Å². The standard InChI is InChI=1S/C14H18FNO3/c1-3-4-9(2)7-13(17)16-12-6-5-10(14(18)19)8-11(12)15/h5-6,8-9H,3-4,7H2,1-2H3,(H,16,17)(H,18,19). The molecular formula is C14H18FNO3. The smallest absolute Gasteiger partial charge is 0.335 e. The molecule has 0 fully saturated rings. The van der Waals surface area contributed by atoms with E-state index < -0.39 is 11.8 Å². The maximum absolute atomic E-state index is 13.6. The van der Waals surface area contributed by atoms with E-state index in [0.29, 0.717) is 6.42 Å². The van der Waals surface area contributed by atoms with Crippen molar-refractivity contribution in [3.8, 4) is 0 Å². The molecule has 0 bridgehead atoms. The first kappa shape index (κ1) is 15.1. The third-order valence-corrected chi connectivity index (χ3v) is 2.81. The fourth-order valence-electron chi connectivity index (χ4n) is 1.86. The monoisotopic (exact) mass is 267 g/mol. The van der Waals surface area contributed by atoms with E-state index in [-0.39, 0.29) is 23.1 Å². The molecule has 0 heterocycles. The Kier molecular flexibility index (Phi) is 5.48. The van der Waals surface area contributed by atoms with Gasteiger partial charge in [-0.15, -0.1) is 0 Å². The van der Waals surface area contributed by atoms with Crippen molar-refractivity contribution in [2.24, 2.45) is 5.92 Å². The van der Waals surface area contributed by atoms with E-state index >= 15 is 0 Å². The molecular weight excluding hydrogens is 249 g/mol. The summed E-state index contributed by atoms with van der Waals surface area (Å²) in [5, 5.41) is 11.2. The van der Waals surface area contributed by atoms with E-state index in [1.807, 2.05) is 13.8 Å². The van der Waals surface area contributed by atoms with E-state index in [0.717, 1.165) is 18.9 Å². The highest BCUT2D eigenvalue weighted by Gasteiger charge is 2.12. The summed E-state index contributed by atoms with van der Waals surface area (Å²) in [5.74, 6) is -1.96. The molecule has 0 saturated heterocycles. The Hall–Kier alpha value is -1.91. The molecule has 0 spiro atoms. The number of anilines is 1. The molecule has 0 aromatic heterocycles. The lowest BCUT2D eigenvalue weighted by Gasteiger charge is -2.11. The fourth-order valence-corrected chi connectivity index (χ4v) is 1.86. The van der Waals surface area contributed by atoms with Gasteiger partial charge in [0.15, 0.2) is 0 Å². The highest BCUT2D eigenvalue weighted by molar-refractivity contribution is 5.92. The van der Waals surface area contributed by atoms with Crippen LogP contribution in [0.1, 0.15) is 43.5 Å². The number of hydrogen-bond donors (Lipinski definition) is 2. The first-order valence-corrected chi connectivity index (χ1v) is 6.26. The summed E-state index contributed by atoms with van der Waals surface area (Å²) >= 11 is 0. The lowest BCUT2D eigenvalue weighted by molar-refractivity contribution is -0.117. The summed E-state index contributed by atoms with van der Waals surface area (Å²) in [6, 6.07) is 3.42. The van der Waals surface area contributed by atoms with Gasteiger partial charge in [-0.1, -0.05) is 26.7 Å². The van der Waals surface area contributed by atoms with Crippen molar-refractivity contribution in [2.45, 2.75) is 33.1 Å². The number of carbonyl (C=O) groups is 2. The van der Waals surface area contributed by atoms with Crippen LogP contribution in [0.15, 0.2) is 18.2 Å². The number of carboxylic acid groups (broad SMARTS) is 1. The van der Waals surface area contributed by atoms with Crippen LogP contribution in [0, 0.1) is 11.7 Å². The Morgan fingerprint density at radius 1 is 1.42 bits per heavy atom. The van der Waals surface area contributed by atoms with Gasteiger partial charge in [0.1, 0.15) is 5.82 Å². The van der Waals surface area contributed by atoms with Gasteiger partial charge in [0, 0.05) is 6.42 Å². The van der Waals surface area contributed by atoms with Crippen LogP contribution in [0.5, 0.6) is 0 Å². The van der Waals surface area contributed by atoms with Crippen LogP contribution >= 0.6 is 0 Å². The molecule has 19 heavy (non-hydrogen) atoms. The summed E-state index contributed by atoms with van der Waals surface area (Å²) in [4.78, 5) is 22.3. The van der Waals surface area contributed by atoms with Crippen molar-refractivity contribution in [3.63, 3.8) is 0 Å². The number of nitrogens with one attached hydrogen (secondary N) is 1. The first-order chi connectivity index (χ1) is 8.93. The maximum Gasteiger partial charge on any atom is 0.335 e. The largest absolute Gasteiger partial charge is 0.478 e. The average Bonchev–Trinajstić information content (AvgIpc) is 2.31. The van der Waals surface area contributed by atoms with Crippen molar-refractivity contribution in [1.82, 2.24) is 0 Å². The highest BCUT2D eigenvalue weighted by atomic mass is 19.1. The second kappa shape index (κ2) is 6.87. The SMILES string of the molecule is CCCC(C)CC(=O)Nc1ccc(C(=O)O)cc1F. The van der Waals surface area contributed by atoms with E-state index in [9.17, 15) is 14.0 Å². The van der Waals surface area contributed by atoms with Gasteiger partial charge < -0.3 is 10.4 Å². The maximum atomic E-state index is 13.6. The van der Waals surface area contributed by atoms with Crippen LogP contribution in [0.2, 0.25) is 0 Å². The van der Waals surface area contributed by atoms with E-state index in [4.69, 9.17) is 5.11 Å². The van der Waals surface area contributed by atoms with Gasteiger partial charge >= 0.3 is 5.97 Å². The summed E-state index contributed by atoms with van der Waals surface area (Å²) < 4.78 is 13.6. The third-order valence-electron chi connectivity index (χ3n) is 2.81. The Bertz CT molecular complexity index is 474. The second-order valence-corrected chi connectivity index (χ2v) is 4.65. The molecule has 104 valence electrons. The van der Waals surface area contributed by atoms with E-state index in [2.05, 4.69) is 5.32 Å². The van der Waals surface area contributed by atoms with Gasteiger partial charge in [0.25, 0.3) is 0 Å². The minimum atomic E-state index is -1.20. The molecule has 1 aromatic carbocycles. The molecule has 0 aliphatic heterocycles. The van der Waals surface area contributed by atoms with Crippen LogP contribution in [0.4, 0.5) is 10.1 Å². The Morgan fingerprint density at radius 2 is 2.11 bits per heavy atom. The average molecular weight is 267 g/mol. The highest BCUT2D eigenvalue weighted by Crippen LogP contribution is 2.17. The van der Waals surface area contributed by atoms with Crippen LogP contribution < -0.4 is 5.32 Å². The second-order valence-electron chi connectivity index (χ2n) is 4.65. The normalized spacial score (nSPS) is 11.9. The van der Waals surface area contributed by atoms with Crippen molar-refractivity contribution in [1.29, 1.82) is 0 Å². The number of carbonyl (C=O) groups excluding carboxylic acids is 1. The predicted octanol–water partition coefficient (Wildman–Crippen LogP) is 3.29. The lowest BCUT2D eigenvalue weighted by Crippen LogP contribution is -2.16. The lowest BCUT2D eigenvalue weighted by atomic mass is 10.0. The minimum absolute atomic E-state index is 0.0127. The van der Waals surface area contributed by atoms with Gasteiger partial charge in [-0.3, -0.25) is 4.79 Å². The van der Waals surface area contributed by atoms with E-state index in [1.165, 1.54) is 12.1 Å². The molecule has 1 atom stereocenters. The molecule has 5 heteroatoms. The van der Waals surface area contributed by atoms with Gasteiger partial charge in [-0.25, -0.2) is 9.18 Å². The molecule has 4 nitrogen and oxygen atoms in total. The summed E-state index contributed by atoms with van der Waals surface area (Å²) in [6.07, 6.45) is 2.26. The number of halogens is 1. The number of carboxylic acids is 1. The minimum Gasteiger partial charge on any atom is -0.478 e. The third kappa shape index (κ3) is 4.69. The zero-order valence-electron chi connectivity index (χ0n) is 11.1. The van der Waals surface area contributed by atoms with Crippen LogP contribution in [-0.2, 0) is 4.79 Å². The van der Waals surface area contributed by atoms with Crippen molar-refractivity contribution < 1.29 is 19.1 Å². The fraction of sp³-hybridized carbons (Fsp3) is 0.429. The number of amides is 1. The number of hydrogen-bond acceptors (Lipinski definition) is 2. The molecule has 2 N–H and O–H groups in total. The topological polar surface area (TPSA) is 66.4 Å². The van der Waals surface area contributed by atoms with Gasteiger partial charge in [-0.05, 0) is 24.1 Å². The Labute approximate surface area is 111 Å². The Morgan fingerprint density at radius 3 is 2.63 bits per heavy atom. The van der Waals surface area contributed by atoms with E-state index in [1.54, 1.807) is 0 Å². The predicted molar refractivity (Wildman–Crippen MR) is 70.7 cm³/mol. The Balaban J connectivity index is 2.67. The molecule has 1 rings (SSSR count). The van der Waals surface area contributed by atoms with Crippen LogP contribution in [0.3, 0.4) is 0 Å². The molecule has 0 aliphatic carbocycles. The summed E-state index contributed by atoms with van der Waals surface area (Å²) in [7, 11) is 0. The number of aromatic carboxylic acids is 1. The molecule has 0 aliphatic rings. The van der Waals surface area contributed by atoms with Crippen LogP contribution in [-0.4, -0.2) is 17.0 Å². The molecule has 0 radical (unpaired) electrons. The zero-order chi connectivity index (χ0) is 14.4. The van der Waals surface area contributed by atoms with Crippen LogP contribution in [0.25, 0.3) is 0 Å². The molecule has 1 unspecified atom stereocenters. The number of benzene rings is 1. The quantitative estimate of drug-likeness (QED) is 0.831. The van der Waals surface area contributed by atoms with Crippen molar-refractivity contribution >= 4 is 17.6 Å². The van der Waals surface area contributed by atoms with Crippen molar-refractivity contribution in [3.05, 3.63) is 29.6 Å². The molecule has 0 saturated carbocycles. The molecule has 1 amide bonds. The summed E-state index contributed by atoms with van der Waals surface area (Å²) in [6.45, 7) is 4.01. The van der Waals surface area contributed by atoms with Gasteiger partial charge in [0.05, 0.1) is 11.3 Å². The zero-order valence-corrected chi connectivity index (χ0v) is 11.1. The number of rotatable bonds is 6. The van der Waals surface area contributed by atoms with Gasteiger partial charge in [0.2, 0.25) is 5.91 Å². The molecule has 1 aromatic rings.